The fourth-order valence-electron chi connectivity index (χ4n) is 2.26. The van der Waals surface area contributed by atoms with Crippen LogP contribution in [0.1, 0.15) is 38.1 Å². The van der Waals surface area contributed by atoms with Crippen molar-refractivity contribution in [3.63, 3.8) is 0 Å². The van der Waals surface area contributed by atoms with Gasteiger partial charge in [0.05, 0.1) is 11.0 Å². The molecule has 1 atom stereocenters. The summed E-state index contributed by atoms with van der Waals surface area (Å²) >= 11 is 0. The Morgan fingerprint density at radius 3 is 2.29 bits per heavy atom. The van der Waals surface area contributed by atoms with Gasteiger partial charge in [-0.15, -0.1) is 0 Å². The van der Waals surface area contributed by atoms with Crippen LogP contribution in [0, 0.1) is 10.1 Å². The summed E-state index contributed by atoms with van der Waals surface area (Å²) in [4.78, 5) is 46.7. The van der Waals surface area contributed by atoms with E-state index in [0.29, 0.717) is 0 Å². The summed E-state index contributed by atoms with van der Waals surface area (Å²) < 4.78 is 15.6. The number of nitro groups is 1. The second kappa shape index (κ2) is 8.11. The molecule has 1 aliphatic rings. The molecule has 28 heavy (non-hydrogen) atoms. The highest BCUT2D eigenvalue weighted by molar-refractivity contribution is 6.00. The summed E-state index contributed by atoms with van der Waals surface area (Å²) in [7, 11) is 0. The Hall–Kier alpha value is -3.37. The van der Waals surface area contributed by atoms with E-state index in [1.54, 1.807) is 20.8 Å². The number of carbonyl (C=O) groups is 3. The molecule has 0 bridgehead atoms. The lowest BCUT2D eigenvalue weighted by atomic mass is 10.1. The smallest absolute Gasteiger partial charge is 0.346 e. The summed E-state index contributed by atoms with van der Waals surface area (Å²) in [6.45, 7) is 6.86. The van der Waals surface area contributed by atoms with Crippen LogP contribution in [0.5, 0.6) is 11.5 Å². The predicted molar refractivity (Wildman–Crippen MR) is 95.4 cm³/mol. The fourth-order valence-corrected chi connectivity index (χ4v) is 2.26. The lowest BCUT2D eigenvalue weighted by Gasteiger charge is -2.21. The van der Waals surface area contributed by atoms with Crippen LogP contribution in [-0.4, -0.2) is 47.7 Å². The third-order valence-corrected chi connectivity index (χ3v) is 3.46. The first-order valence-electron chi connectivity index (χ1n) is 8.40. The summed E-state index contributed by atoms with van der Waals surface area (Å²) in [5.41, 5.74) is -1.52. The largest absolute Gasteiger partial charge is 0.486 e. The topological polar surface area (TPSA) is 146 Å². The van der Waals surface area contributed by atoms with Gasteiger partial charge in [-0.2, -0.15) is 0 Å². The van der Waals surface area contributed by atoms with Crippen LogP contribution < -0.4 is 20.1 Å². The van der Waals surface area contributed by atoms with Gasteiger partial charge in [-0.05, 0) is 27.7 Å². The number of nitrogens with one attached hydrogen (secondary N) is 2. The Kier molecular flexibility index (Phi) is 6.06. The number of rotatable bonds is 4. The molecular formula is C17H21N3O8. The normalized spacial score (nSPS) is 13.9. The van der Waals surface area contributed by atoms with Gasteiger partial charge in [0.2, 0.25) is 0 Å². The standard InChI is InChI=1S/C17H21N3O8/c1-9(14(21)18-16(23)19-17(2,3)4)28-15(22)10-7-12-13(27-6-5-26-12)8-11(10)20(24)25/h7-9H,5-6H2,1-4H3,(H2,18,19,21,23). The highest BCUT2D eigenvalue weighted by Crippen LogP contribution is 2.36. The van der Waals surface area contributed by atoms with Crippen LogP contribution in [0.4, 0.5) is 10.5 Å². The second-order valence-corrected chi connectivity index (χ2v) is 7.01. The van der Waals surface area contributed by atoms with Gasteiger partial charge >= 0.3 is 12.0 Å². The molecule has 1 unspecified atom stereocenters. The SMILES string of the molecule is CC(OC(=O)c1cc2c(cc1[N+](=O)[O-])OCCO2)C(=O)NC(=O)NC(C)(C)C. The third kappa shape index (κ3) is 5.32. The van der Waals surface area contributed by atoms with Gasteiger partial charge < -0.3 is 19.5 Å². The molecule has 11 nitrogen and oxygen atoms in total. The minimum atomic E-state index is -1.37. The minimum Gasteiger partial charge on any atom is -0.486 e. The van der Waals surface area contributed by atoms with E-state index in [4.69, 9.17) is 14.2 Å². The molecule has 0 saturated heterocycles. The monoisotopic (exact) mass is 395 g/mol. The molecule has 1 heterocycles. The van der Waals surface area contributed by atoms with Gasteiger partial charge in [0, 0.05) is 11.6 Å². The molecule has 1 aromatic rings. The fraction of sp³-hybridized carbons (Fsp3) is 0.471. The van der Waals surface area contributed by atoms with Crippen molar-refractivity contribution in [1.29, 1.82) is 0 Å². The number of nitro benzene ring substituents is 1. The van der Waals surface area contributed by atoms with Crippen LogP contribution >= 0.6 is 0 Å². The first-order chi connectivity index (χ1) is 13.0. The van der Waals surface area contributed by atoms with Gasteiger partial charge in [-0.3, -0.25) is 20.2 Å². The number of urea groups is 1. The molecule has 2 N–H and O–H groups in total. The number of imide groups is 1. The Balaban J connectivity index is 2.12. The maximum atomic E-state index is 12.4. The van der Waals surface area contributed by atoms with Crippen molar-refractivity contribution < 1.29 is 33.5 Å². The van der Waals surface area contributed by atoms with Crippen LogP contribution in [0.15, 0.2) is 12.1 Å². The van der Waals surface area contributed by atoms with E-state index in [-0.39, 0.29) is 24.7 Å². The molecule has 0 spiro atoms. The van der Waals surface area contributed by atoms with Crippen molar-refractivity contribution >= 4 is 23.6 Å². The molecule has 0 aliphatic carbocycles. The van der Waals surface area contributed by atoms with Crippen molar-refractivity contribution in [1.82, 2.24) is 10.6 Å². The van der Waals surface area contributed by atoms with Gasteiger partial charge in [0.1, 0.15) is 18.8 Å². The highest BCUT2D eigenvalue weighted by Gasteiger charge is 2.30. The van der Waals surface area contributed by atoms with E-state index < -0.39 is 45.7 Å². The van der Waals surface area contributed by atoms with Crippen LogP contribution in [0.2, 0.25) is 0 Å². The number of carbonyl (C=O) groups excluding carboxylic acids is 3. The number of fused-ring (bicyclic) bond motifs is 1. The summed E-state index contributed by atoms with van der Waals surface area (Å²) in [6.07, 6.45) is -1.37. The van der Waals surface area contributed by atoms with Crippen molar-refractivity contribution in [2.75, 3.05) is 13.2 Å². The number of esters is 1. The number of hydrogen-bond donors (Lipinski definition) is 2. The first-order valence-corrected chi connectivity index (χ1v) is 8.40. The third-order valence-electron chi connectivity index (χ3n) is 3.46. The zero-order valence-corrected chi connectivity index (χ0v) is 15.9. The number of ether oxygens (including phenoxy) is 3. The molecular weight excluding hydrogens is 374 g/mol. The van der Waals surface area contributed by atoms with E-state index in [1.165, 1.54) is 6.92 Å². The molecule has 1 aliphatic heterocycles. The molecule has 3 amide bonds. The van der Waals surface area contributed by atoms with E-state index in [1.807, 2.05) is 5.32 Å². The van der Waals surface area contributed by atoms with Crippen LogP contribution in [0.3, 0.4) is 0 Å². The van der Waals surface area contributed by atoms with E-state index in [0.717, 1.165) is 12.1 Å². The van der Waals surface area contributed by atoms with E-state index >= 15 is 0 Å². The maximum absolute atomic E-state index is 12.4. The first kappa shape index (κ1) is 20.9. The molecule has 0 aromatic heterocycles. The quantitative estimate of drug-likeness (QED) is 0.443. The zero-order chi connectivity index (χ0) is 21.1. The summed E-state index contributed by atoms with van der Waals surface area (Å²) in [6, 6.07) is 1.43. The predicted octanol–water partition coefficient (Wildman–Crippen LogP) is 1.54. The molecule has 152 valence electrons. The Bertz CT molecular complexity index is 815. The van der Waals surface area contributed by atoms with Crippen molar-refractivity contribution in [3.05, 3.63) is 27.8 Å². The minimum absolute atomic E-state index is 0.138. The number of hydrogen-bond acceptors (Lipinski definition) is 8. The average molecular weight is 395 g/mol. The number of benzene rings is 1. The molecule has 0 radical (unpaired) electrons. The maximum Gasteiger partial charge on any atom is 0.346 e. The molecule has 2 rings (SSSR count). The Labute approximate surface area is 160 Å². The molecule has 11 heteroatoms. The lowest BCUT2D eigenvalue weighted by molar-refractivity contribution is -0.385. The van der Waals surface area contributed by atoms with Crippen molar-refractivity contribution in [2.45, 2.75) is 39.3 Å². The molecule has 1 aromatic carbocycles. The van der Waals surface area contributed by atoms with Crippen molar-refractivity contribution in [3.8, 4) is 11.5 Å². The van der Waals surface area contributed by atoms with Crippen LogP contribution in [-0.2, 0) is 9.53 Å². The van der Waals surface area contributed by atoms with Gasteiger partial charge in [0.25, 0.3) is 11.6 Å². The lowest BCUT2D eigenvalue weighted by Crippen LogP contribution is -2.50. The Morgan fingerprint density at radius 2 is 1.75 bits per heavy atom. The average Bonchev–Trinajstić information content (AvgIpc) is 2.58. The second-order valence-electron chi connectivity index (χ2n) is 7.01. The number of nitrogens with zero attached hydrogens (tertiary/aromatic N) is 1. The summed E-state index contributed by atoms with van der Waals surface area (Å²) in [5, 5.41) is 15.8. The van der Waals surface area contributed by atoms with Gasteiger partial charge in [-0.25, -0.2) is 9.59 Å². The van der Waals surface area contributed by atoms with Gasteiger partial charge in [0.15, 0.2) is 17.6 Å². The van der Waals surface area contributed by atoms with E-state index in [2.05, 4.69) is 5.32 Å². The summed E-state index contributed by atoms with van der Waals surface area (Å²) in [5.74, 6) is -1.69. The highest BCUT2D eigenvalue weighted by atomic mass is 16.6. The van der Waals surface area contributed by atoms with Gasteiger partial charge in [-0.1, -0.05) is 0 Å². The molecule has 0 fully saturated rings. The Morgan fingerprint density at radius 1 is 1.18 bits per heavy atom. The number of amides is 3. The van der Waals surface area contributed by atoms with Crippen molar-refractivity contribution in [2.24, 2.45) is 0 Å². The molecule has 0 saturated carbocycles. The van der Waals surface area contributed by atoms with Crippen LogP contribution in [0.25, 0.3) is 0 Å². The zero-order valence-electron chi connectivity index (χ0n) is 15.9. The van der Waals surface area contributed by atoms with E-state index in [9.17, 15) is 24.5 Å².